The number of para-hydroxylation sites is 2. The van der Waals surface area contributed by atoms with Crippen LogP contribution >= 0.6 is 27.5 Å². The van der Waals surface area contributed by atoms with E-state index in [4.69, 9.17) is 30.5 Å². The number of ether oxygens (including phenoxy) is 4. The summed E-state index contributed by atoms with van der Waals surface area (Å²) in [6.07, 6.45) is 1.49. The fourth-order valence-corrected chi connectivity index (χ4v) is 3.58. The molecule has 0 spiro atoms. The first kappa shape index (κ1) is 24.4. The summed E-state index contributed by atoms with van der Waals surface area (Å²) in [6.45, 7) is 0.0733. The quantitative estimate of drug-likeness (QED) is 0.285. The van der Waals surface area contributed by atoms with Crippen LogP contribution in [0, 0.1) is 0 Å². The molecule has 7 nitrogen and oxygen atoms in total. The fraction of sp³-hybridized carbons (Fsp3) is 0.167. The number of hydrogen-bond acceptors (Lipinski definition) is 6. The summed E-state index contributed by atoms with van der Waals surface area (Å²) in [5.41, 5.74) is 3.97. The van der Waals surface area contributed by atoms with Gasteiger partial charge < -0.3 is 18.9 Å². The zero-order valence-electron chi connectivity index (χ0n) is 18.0. The van der Waals surface area contributed by atoms with Gasteiger partial charge in [-0.05, 0) is 51.8 Å². The van der Waals surface area contributed by atoms with Crippen molar-refractivity contribution in [3.8, 4) is 23.0 Å². The molecule has 0 aliphatic heterocycles. The molecule has 9 heteroatoms. The molecule has 0 fully saturated rings. The first-order chi connectivity index (χ1) is 16.0. The molecule has 0 atom stereocenters. The van der Waals surface area contributed by atoms with E-state index in [0.29, 0.717) is 38.1 Å². The van der Waals surface area contributed by atoms with E-state index < -0.39 is 5.91 Å². The largest absolute Gasteiger partial charge is 0.493 e. The number of methoxy groups -OCH3 is 2. The Hall–Kier alpha value is -3.23. The SMILES string of the molecule is COc1ccccc1OCC(=O)N/N=C\c1cc(Br)c(OCc2ccccc2Cl)c(OC)c1. The number of carbonyl (C=O) groups excluding carboxylic acids is 1. The van der Waals surface area contributed by atoms with Crippen molar-refractivity contribution in [2.24, 2.45) is 5.10 Å². The van der Waals surface area contributed by atoms with Crippen LogP contribution in [0.2, 0.25) is 5.02 Å². The van der Waals surface area contributed by atoms with Gasteiger partial charge in [-0.25, -0.2) is 5.43 Å². The molecular formula is C24H22BrClN2O5. The average molecular weight is 534 g/mol. The van der Waals surface area contributed by atoms with Crippen LogP contribution in [0.3, 0.4) is 0 Å². The highest BCUT2D eigenvalue weighted by Crippen LogP contribution is 2.37. The van der Waals surface area contributed by atoms with Crippen LogP contribution in [0.5, 0.6) is 23.0 Å². The summed E-state index contributed by atoms with van der Waals surface area (Å²) >= 11 is 9.69. The Kier molecular flexibility index (Phi) is 8.97. The molecule has 0 aliphatic carbocycles. The number of hydrazone groups is 1. The molecule has 3 aromatic rings. The molecule has 1 N–H and O–H groups in total. The summed E-state index contributed by atoms with van der Waals surface area (Å²) in [4.78, 5) is 12.0. The molecule has 33 heavy (non-hydrogen) atoms. The molecule has 172 valence electrons. The van der Waals surface area contributed by atoms with E-state index >= 15 is 0 Å². The number of carbonyl (C=O) groups is 1. The predicted octanol–water partition coefficient (Wildman–Crippen LogP) is 5.23. The Morgan fingerprint density at radius 2 is 1.70 bits per heavy atom. The van der Waals surface area contributed by atoms with Crippen LogP contribution in [0.1, 0.15) is 11.1 Å². The first-order valence-electron chi connectivity index (χ1n) is 9.83. The molecular weight excluding hydrogens is 512 g/mol. The minimum absolute atomic E-state index is 0.209. The Balaban J connectivity index is 1.59. The Morgan fingerprint density at radius 1 is 1.00 bits per heavy atom. The van der Waals surface area contributed by atoms with E-state index in [2.05, 4.69) is 26.5 Å². The van der Waals surface area contributed by atoms with Gasteiger partial charge in [0.15, 0.2) is 29.6 Å². The van der Waals surface area contributed by atoms with E-state index in [1.54, 1.807) is 37.4 Å². The summed E-state index contributed by atoms with van der Waals surface area (Å²) in [6, 6.07) is 18.1. The molecule has 0 aromatic heterocycles. The summed E-state index contributed by atoms with van der Waals surface area (Å²) < 4.78 is 22.7. The second kappa shape index (κ2) is 12.1. The standard InChI is InChI=1S/C24H22BrClN2O5/c1-30-20-9-5-6-10-21(20)32-15-23(29)28-27-13-16-11-18(25)24(22(12-16)31-2)33-14-17-7-3-4-8-19(17)26/h3-13H,14-15H2,1-2H3,(H,28,29)/b27-13-. The molecule has 3 rings (SSSR count). The van der Waals surface area contributed by atoms with Gasteiger partial charge in [0.1, 0.15) is 6.61 Å². The molecule has 0 saturated heterocycles. The van der Waals surface area contributed by atoms with Gasteiger partial charge in [0.25, 0.3) is 5.91 Å². The average Bonchev–Trinajstić information content (AvgIpc) is 2.83. The van der Waals surface area contributed by atoms with Crippen molar-refractivity contribution in [3.05, 3.63) is 81.3 Å². The van der Waals surface area contributed by atoms with Gasteiger partial charge in [0.05, 0.1) is 24.9 Å². The maximum atomic E-state index is 12.0. The second-order valence-electron chi connectivity index (χ2n) is 6.65. The van der Waals surface area contributed by atoms with Crippen LogP contribution < -0.4 is 24.4 Å². The first-order valence-corrected chi connectivity index (χ1v) is 11.0. The van der Waals surface area contributed by atoms with E-state index in [-0.39, 0.29) is 13.2 Å². The van der Waals surface area contributed by atoms with Crippen LogP contribution in [0.25, 0.3) is 0 Å². The van der Waals surface area contributed by atoms with Gasteiger partial charge in [0.2, 0.25) is 0 Å². The van der Waals surface area contributed by atoms with Gasteiger partial charge in [-0.3, -0.25) is 4.79 Å². The summed E-state index contributed by atoms with van der Waals surface area (Å²) in [7, 11) is 3.08. The van der Waals surface area contributed by atoms with Crippen LogP contribution in [-0.4, -0.2) is 32.9 Å². The minimum Gasteiger partial charge on any atom is -0.493 e. The maximum Gasteiger partial charge on any atom is 0.277 e. The third kappa shape index (κ3) is 6.87. The molecule has 0 radical (unpaired) electrons. The van der Waals surface area contributed by atoms with E-state index in [9.17, 15) is 4.79 Å². The normalized spacial score (nSPS) is 10.7. The van der Waals surface area contributed by atoms with Crippen molar-refractivity contribution in [1.82, 2.24) is 5.43 Å². The lowest BCUT2D eigenvalue weighted by Crippen LogP contribution is -2.24. The van der Waals surface area contributed by atoms with Gasteiger partial charge in [-0.15, -0.1) is 0 Å². The Bertz CT molecular complexity index is 1140. The molecule has 0 unspecified atom stereocenters. The van der Waals surface area contributed by atoms with Crippen LogP contribution in [0.4, 0.5) is 0 Å². The second-order valence-corrected chi connectivity index (χ2v) is 7.91. The van der Waals surface area contributed by atoms with E-state index in [1.807, 2.05) is 30.3 Å². The number of rotatable bonds is 10. The highest BCUT2D eigenvalue weighted by molar-refractivity contribution is 9.10. The van der Waals surface area contributed by atoms with Gasteiger partial charge in [-0.2, -0.15) is 5.10 Å². The van der Waals surface area contributed by atoms with Gasteiger partial charge in [-0.1, -0.05) is 41.9 Å². The zero-order valence-corrected chi connectivity index (χ0v) is 20.4. The molecule has 0 saturated carbocycles. The van der Waals surface area contributed by atoms with Crippen molar-refractivity contribution in [2.45, 2.75) is 6.61 Å². The zero-order chi connectivity index (χ0) is 23.6. The third-order valence-electron chi connectivity index (χ3n) is 4.41. The minimum atomic E-state index is -0.414. The van der Waals surface area contributed by atoms with Crippen molar-refractivity contribution in [2.75, 3.05) is 20.8 Å². The molecule has 0 aliphatic rings. The lowest BCUT2D eigenvalue weighted by Gasteiger charge is -2.14. The lowest BCUT2D eigenvalue weighted by molar-refractivity contribution is -0.123. The molecule has 3 aromatic carbocycles. The number of nitrogens with zero attached hydrogens (tertiary/aromatic N) is 1. The summed E-state index contributed by atoms with van der Waals surface area (Å²) in [5.74, 6) is 1.64. The maximum absolute atomic E-state index is 12.0. The van der Waals surface area contributed by atoms with Crippen molar-refractivity contribution < 1.29 is 23.7 Å². The number of nitrogens with one attached hydrogen (secondary N) is 1. The highest BCUT2D eigenvalue weighted by Gasteiger charge is 2.12. The van der Waals surface area contributed by atoms with Crippen molar-refractivity contribution in [1.29, 1.82) is 0 Å². The van der Waals surface area contributed by atoms with E-state index in [0.717, 1.165) is 5.56 Å². The van der Waals surface area contributed by atoms with Crippen LogP contribution in [0.15, 0.2) is 70.2 Å². The third-order valence-corrected chi connectivity index (χ3v) is 5.37. The van der Waals surface area contributed by atoms with Gasteiger partial charge >= 0.3 is 0 Å². The van der Waals surface area contributed by atoms with Gasteiger partial charge in [0, 0.05) is 10.6 Å². The smallest absolute Gasteiger partial charge is 0.277 e. The number of halogens is 2. The number of amides is 1. The fourth-order valence-electron chi connectivity index (χ4n) is 2.81. The van der Waals surface area contributed by atoms with E-state index in [1.165, 1.54) is 13.3 Å². The number of hydrogen-bond donors (Lipinski definition) is 1. The topological polar surface area (TPSA) is 78.4 Å². The molecule has 1 amide bonds. The monoisotopic (exact) mass is 532 g/mol. The van der Waals surface area contributed by atoms with Crippen LogP contribution in [-0.2, 0) is 11.4 Å². The number of benzene rings is 3. The summed E-state index contributed by atoms with van der Waals surface area (Å²) in [5, 5.41) is 4.60. The molecule has 0 heterocycles. The predicted molar refractivity (Wildman–Crippen MR) is 131 cm³/mol. The Labute approximate surface area is 205 Å². The van der Waals surface area contributed by atoms with Crippen molar-refractivity contribution in [3.63, 3.8) is 0 Å². The lowest BCUT2D eigenvalue weighted by atomic mass is 10.2. The Morgan fingerprint density at radius 3 is 2.42 bits per heavy atom. The highest BCUT2D eigenvalue weighted by atomic mass is 79.9. The van der Waals surface area contributed by atoms with Crippen molar-refractivity contribution >= 4 is 39.7 Å². The molecule has 0 bridgehead atoms.